The van der Waals surface area contributed by atoms with E-state index in [4.69, 9.17) is 18.6 Å². The molecule has 0 saturated heterocycles. The number of hydrogen-bond donors (Lipinski definition) is 0. The predicted molar refractivity (Wildman–Crippen MR) is 142 cm³/mol. The smallest absolute Gasteiger partial charge is 0.383 e. The van der Waals surface area contributed by atoms with Gasteiger partial charge in [-0.05, 0) is 84.7 Å². The van der Waals surface area contributed by atoms with Crippen LogP contribution in [0.2, 0.25) is 0 Å². The van der Waals surface area contributed by atoms with Crippen LogP contribution >= 0.6 is 0 Å². The maximum Gasteiger partial charge on any atom is 0.383 e. The molecule has 6 heteroatoms. The highest BCUT2D eigenvalue weighted by Gasteiger charge is 2.24. The highest BCUT2D eigenvalue weighted by Crippen LogP contribution is 2.38. The number of carbonyl (C=O) groups excluding carboxylic acids is 1. The molecule has 0 radical (unpaired) electrons. The summed E-state index contributed by atoms with van der Waals surface area (Å²) in [6.45, 7) is 12.1. The minimum absolute atomic E-state index is 0.137. The second kappa shape index (κ2) is 11.8. The van der Waals surface area contributed by atoms with Crippen molar-refractivity contribution in [3.05, 3.63) is 87.8 Å². The number of ether oxygens (including phenoxy) is 3. The van der Waals surface area contributed by atoms with Crippen molar-refractivity contribution in [2.45, 2.75) is 60.0 Å². The minimum Gasteiger partial charge on any atom is -0.485 e. The lowest BCUT2D eigenvalue weighted by Gasteiger charge is -2.22. The molecule has 0 aliphatic rings. The zero-order chi connectivity index (χ0) is 26.3. The van der Waals surface area contributed by atoms with E-state index in [0.717, 1.165) is 18.4 Å². The number of hydrogen-bond acceptors (Lipinski definition) is 6. The molecule has 0 unspecified atom stereocenters. The Morgan fingerprint density at radius 1 is 0.944 bits per heavy atom. The van der Waals surface area contributed by atoms with E-state index in [1.165, 1.54) is 5.57 Å². The van der Waals surface area contributed by atoms with Crippen LogP contribution in [0.1, 0.15) is 64.7 Å². The molecule has 0 fully saturated rings. The van der Waals surface area contributed by atoms with Gasteiger partial charge in [-0.15, -0.1) is 0 Å². The largest absolute Gasteiger partial charge is 0.485 e. The molecule has 36 heavy (non-hydrogen) atoms. The van der Waals surface area contributed by atoms with E-state index >= 15 is 0 Å². The first-order valence-corrected chi connectivity index (χ1v) is 12.0. The van der Waals surface area contributed by atoms with Gasteiger partial charge in [-0.25, -0.2) is 9.59 Å². The molecule has 0 atom stereocenters. The van der Waals surface area contributed by atoms with E-state index in [2.05, 4.69) is 19.9 Å². The van der Waals surface area contributed by atoms with E-state index in [-0.39, 0.29) is 23.7 Å². The molecule has 1 aromatic heterocycles. The van der Waals surface area contributed by atoms with Gasteiger partial charge in [0.05, 0.1) is 10.9 Å². The van der Waals surface area contributed by atoms with E-state index in [0.29, 0.717) is 16.7 Å². The topological polar surface area (TPSA) is 75.0 Å². The molecule has 0 bridgehead atoms. The number of esters is 1. The minimum atomic E-state index is -0.823. The molecule has 3 rings (SSSR count). The molecule has 2 aromatic carbocycles. The number of carbonyl (C=O) groups is 1. The van der Waals surface area contributed by atoms with Crippen LogP contribution < -0.4 is 19.8 Å². The summed E-state index contributed by atoms with van der Waals surface area (Å²) in [7, 11) is 0. The fourth-order valence-corrected chi connectivity index (χ4v) is 3.48. The van der Waals surface area contributed by atoms with Gasteiger partial charge in [-0.2, -0.15) is 0 Å². The summed E-state index contributed by atoms with van der Waals surface area (Å²) in [6.07, 6.45) is 5.98. The highest BCUT2D eigenvalue weighted by molar-refractivity contribution is 5.94. The summed E-state index contributed by atoms with van der Waals surface area (Å²) in [5, 5.41) is 0.475. The molecule has 0 spiro atoms. The lowest BCUT2D eigenvalue weighted by Crippen LogP contribution is -2.23. The van der Waals surface area contributed by atoms with E-state index in [1.54, 1.807) is 48.5 Å². The number of benzene rings is 2. The van der Waals surface area contributed by atoms with Gasteiger partial charge in [-0.3, -0.25) is 0 Å². The maximum absolute atomic E-state index is 13.0. The summed E-state index contributed by atoms with van der Waals surface area (Å²) in [6, 6.07) is 13.7. The SMILES string of the molecule is CC(C)=CCCC(C)=CCOc1c(OC(=O)c2ccccc2)c(=O)oc2c(OC(C)(C)C)cccc12. The average Bonchev–Trinajstić information content (AvgIpc) is 2.80. The summed E-state index contributed by atoms with van der Waals surface area (Å²) < 4.78 is 23.2. The van der Waals surface area contributed by atoms with Crippen molar-refractivity contribution in [2.75, 3.05) is 6.61 Å². The summed E-state index contributed by atoms with van der Waals surface area (Å²) in [4.78, 5) is 25.8. The van der Waals surface area contributed by atoms with Crippen molar-refractivity contribution in [3.8, 4) is 17.2 Å². The van der Waals surface area contributed by atoms with Crippen molar-refractivity contribution in [1.29, 1.82) is 0 Å². The molecule has 6 nitrogen and oxygen atoms in total. The lowest BCUT2D eigenvalue weighted by molar-refractivity contribution is 0.0722. The van der Waals surface area contributed by atoms with Crippen LogP contribution in [0.5, 0.6) is 17.2 Å². The Labute approximate surface area is 212 Å². The maximum atomic E-state index is 13.0. The normalized spacial score (nSPS) is 11.8. The van der Waals surface area contributed by atoms with Gasteiger partial charge in [0, 0.05) is 0 Å². The van der Waals surface area contributed by atoms with Gasteiger partial charge in [0.1, 0.15) is 12.2 Å². The Bertz CT molecular complexity index is 1320. The van der Waals surface area contributed by atoms with Crippen molar-refractivity contribution in [3.63, 3.8) is 0 Å². The van der Waals surface area contributed by atoms with Crippen LogP contribution in [0.3, 0.4) is 0 Å². The second-order valence-corrected chi connectivity index (χ2v) is 9.83. The van der Waals surface area contributed by atoms with Gasteiger partial charge in [0.15, 0.2) is 17.1 Å². The van der Waals surface area contributed by atoms with Gasteiger partial charge in [0.25, 0.3) is 5.75 Å². The quantitative estimate of drug-likeness (QED) is 0.178. The van der Waals surface area contributed by atoms with Crippen LogP contribution in [-0.4, -0.2) is 18.2 Å². The number of para-hydroxylation sites is 1. The van der Waals surface area contributed by atoms with Crippen molar-refractivity contribution >= 4 is 16.9 Å². The van der Waals surface area contributed by atoms with E-state index in [1.807, 2.05) is 33.8 Å². The standard InChI is InChI=1S/C30H34O6/c1-20(2)12-10-13-21(3)18-19-33-26-23-16-11-17-24(36-30(4,5)6)25(23)34-29(32)27(26)35-28(31)22-14-8-7-9-15-22/h7-9,11-12,14-18H,10,13,19H2,1-6H3. The van der Waals surface area contributed by atoms with Gasteiger partial charge in [-0.1, -0.05) is 41.5 Å². The third-order valence-electron chi connectivity index (χ3n) is 5.18. The van der Waals surface area contributed by atoms with Crippen molar-refractivity contribution in [1.82, 2.24) is 0 Å². The molecule has 0 N–H and O–H groups in total. The van der Waals surface area contributed by atoms with Crippen LogP contribution in [0.25, 0.3) is 11.0 Å². The molecular weight excluding hydrogens is 456 g/mol. The first-order valence-electron chi connectivity index (χ1n) is 12.0. The van der Waals surface area contributed by atoms with Gasteiger partial charge >= 0.3 is 11.6 Å². The zero-order valence-electron chi connectivity index (χ0n) is 21.8. The van der Waals surface area contributed by atoms with E-state index in [9.17, 15) is 9.59 Å². The number of rotatable bonds is 9. The average molecular weight is 491 g/mol. The van der Waals surface area contributed by atoms with Crippen LogP contribution in [0.4, 0.5) is 0 Å². The summed E-state index contributed by atoms with van der Waals surface area (Å²) >= 11 is 0. The van der Waals surface area contributed by atoms with Crippen LogP contribution in [0, 0.1) is 0 Å². The molecule has 0 saturated carbocycles. The Hall–Kier alpha value is -3.80. The Morgan fingerprint density at radius 2 is 1.67 bits per heavy atom. The van der Waals surface area contributed by atoms with Crippen molar-refractivity contribution in [2.24, 2.45) is 0 Å². The molecular formula is C30H34O6. The monoisotopic (exact) mass is 490 g/mol. The molecule has 0 aliphatic carbocycles. The highest BCUT2D eigenvalue weighted by atomic mass is 16.6. The van der Waals surface area contributed by atoms with Gasteiger partial charge in [0.2, 0.25) is 0 Å². The molecule has 0 aliphatic heterocycles. The fourth-order valence-electron chi connectivity index (χ4n) is 3.48. The third kappa shape index (κ3) is 7.35. The van der Waals surface area contributed by atoms with E-state index < -0.39 is 17.2 Å². The van der Waals surface area contributed by atoms with Crippen LogP contribution in [-0.2, 0) is 0 Å². The summed E-state index contributed by atoms with van der Waals surface area (Å²) in [5.41, 5.74) is 1.63. The molecule has 190 valence electrons. The van der Waals surface area contributed by atoms with Crippen molar-refractivity contribution < 1.29 is 23.4 Å². The molecule has 3 aromatic rings. The third-order valence-corrected chi connectivity index (χ3v) is 5.18. The molecule has 0 amide bonds. The fraction of sp³-hybridized carbons (Fsp3) is 0.333. The van der Waals surface area contributed by atoms with Crippen LogP contribution in [0.15, 0.2) is 81.0 Å². The van der Waals surface area contributed by atoms with Gasteiger partial charge < -0.3 is 18.6 Å². The predicted octanol–water partition coefficient (Wildman–Crippen LogP) is 7.26. The Balaban J connectivity index is 2.01. The molecule has 1 heterocycles. The first kappa shape index (κ1) is 26.8. The number of fused-ring (bicyclic) bond motifs is 1. The Kier molecular flexibility index (Phi) is 8.75. The first-order chi connectivity index (χ1) is 17.0. The number of allylic oxidation sites excluding steroid dienone is 3. The summed E-state index contributed by atoms with van der Waals surface area (Å²) in [5.74, 6) is -0.433. The zero-order valence-corrected chi connectivity index (χ0v) is 21.8. The Morgan fingerprint density at radius 3 is 2.33 bits per heavy atom. The lowest BCUT2D eigenvalue weighted by atomic mass is 10.1. The second-order valence-electron chi connectivity index (χ2n) is 9.83.